The van der Waals surface area contributed by atoms with Crippen molar-refractivity contribution >= 4 is 11.7 Å². The highest BCUT2D eigenvalue weighted by molar-refractivity contribution is 5.90. The highest BCUT2D eigenvalue weighted by atomic mass is 16.1. The van der Waals surface area contributed by atoms with Gasteiger partial charge in [0.15, 0.2) is 5.69 Å². The fourth-order valence-electron chi connectivity index (χ4n) is 1.46. The van der Waals surface area contributed by atoms with Gasteiger partial charge in [-0.05, 0) is 37.9 Å². The average molecular weight is 235 g/mol. The van der Waals surface area contributed by atoms with Crippen molar-refractivity contribution in [2.75, 3.05) is 18.4 Å². The topological polar surface area (TPSA) is 92.9 Å². The van der Waals surface area contributed by atoms with E-state index >= 15 is 0 Å². The Kier molecular flexibility index (Phi) is 3.87. The zero-order valence-electron chi connectivity index (χ0n) is 9.65. The molecule has 1 amide bonds. The second-order valence-corrected chi connectivity index (χ2v) is 4.18. The van der Waals surface area contributed by atoms with E-state index in [0.29, 0.717) is 5.82 Å². The van der Waals surface area contributed by atoms with Gasteiger partial charge >= 0.3 is 0 Å². The van der Waals surface area contributed by atoms with Gasteiger partial charge in [-0.3, -0.25) is 4.79 Å². The molecule has 92 valence electrons. The molecular formula is C11H17N5O. The molecular weight excluding hydrogens is 218 g/mol. The third-order valence-corrected chi connectivity index (χ3v) is 2.59. The quantitative estimate of drug-likeness (QED) is 0.584. The summed E-state index contributed by atoms with van der Waals surface area (Å²) in [6.45, 7) is 1.86. The number of nitrogens with two attached hydrogens (primary N) is 1. The second kappa shape index (κ2) is 5.58. The molecule has 0 bridgehead atoms. The lowest BCUT2D eigenvalue weighted by atomic mass is 10.3. The molecule has 17 heavy (non-hydrogen) atoms. The monoisotopic (exact) mass is 235 g/mol. The predicted octanol–water partition coefficient (Wildman–Crippen LogP) is 0.129. The van der Waals surface area contributed by atoms with Crippen LogP contribution in [0.4, 0.5) is 5.82 Å². The van der Waals surface area contributed by atoms with Crippen molar-refractivity contribution in [2.24, 2.45) is 5.73 Å². The maximum absolute atomic E-state index is 10.8. The molecule has 1 saturated carbocycles. The first-order valence-electron chi connectivity index (χ1n) is 5.86. The SMILES string of the molecule is NC(=O)c1ccc(NCCCNC2CC2)nn1. The van der Waals surface area contributed by atoms with Crippen LogP contribution in [0.5, 0.6) is 0 Å². The van der Waals surface area contributed by atoms with E-state index < -0.39 is 5.91 Å². The van der Waals surface area contributed by atoms with E-state index in [1.165, 1.54) is 12.8 Å². The van der Waals surface area contributed by atoms with Crippen molar-refractivity contribution in [3.63, 3.8) is 0 Å². The minimum atomic E-state index is -0.558. The minimum absolute atomic E-state index is 0.186. The van der Waals surface area contributed by atoms with Crippen molar-refractivity contribution in [1.82, 2.24) is 15.5 Å². The van der Waals surface area contributed by atoms with Gasteiger partial charge < -0.3 is 16.4 Å². The summed E-state index contributed by atoms with van der Waals surface area (Å²) >= 11 is 0. The van der Waals surface area contributed by atoms with Gasteiger partial charge in [-0.25, -0.2) is 0 Å². The summed E-state index contributed by atoms with van der Waals surface area (Å²) in [6.07, 6.45) is 3.66. The minimum Gasteiger partial charge on any atom is -0.369 e. The molecule has 0 radical (unpaired) electrons. The molecule has 4 N–H and O–H groups in total. The largest absolute Gasteiger partial charge is 0.369 e. The number of carbonyl (C=O) groups is 1. The van der Waals surface area contributed by atoms with E-state index in [4.69, 9.17) is 5.73 Å². The van der Waals surface area contributed by atoms with Crippen LogP contribution < -0.4 is 16.4 Å². The van der Waals surface area contributed by atoms with Gasteiger partial charge in [0.05, 0.1) is 0 Å². The van der Waals surface area contributed by atoms with E-state index in [0.717, 1.165) is 25.6 Å². The third-order valence-electron chi connectivity index (χ3n) is 2.59. The van der Waals surface area contributed by atoms with Gasteiger partial charge in [0.2, 0.25) is 0 Å². The number of nitrogens with one attached hydrogen (secondary N) is 2. The molecule has 1 fully saturated rings. The lowest BCUT2D eigenvalue weighted by molar-refractivity contribution is 0.0994. The smallest absolute Gasteiger partial charge is 0.269 e. The van der Waals surface area contributed by atoms with Crippen LogP contribution in [0.25, 0.3) is 0 Å². The molecule has 0 aromatic carbocycles. The Morgan fingerprint density at radius 2 is 2.18 bits per heavy atom. The average Bonchev–Trinajstić information content (AvgIpc) is 3.13. The van der Waals surface area contributed by atoms with E-state index in [2.05, 4.69) is 20.8 Å². The van der Waals surface area contributed by atoms with Gasteiger partial charge in [-0.1, -0.05) is 0 Å². The van der Waals surface area contributed by atoms with Crippen molar-refractivity contribution in [1.29, 1.82) is 0 Å². The van der Waals surface area contributed by atoms with Crippen LogP contribution in [-0.2, 0) is 0 Å². The van der Waals surface area contributed by atoms with Gasteiger partial charge in [0.1, 0.15) is 5.82 Å². The molecule has 1 aliphatic carbocycles. The molecule has 6 nitrogen and oxygen atoms in total. The maximum Gasteiger partial charge on any atom is 0.269 e. The number of hydrogen-bond donors (Lipinski definition) is 3. The van der Waals surface area contributed by atoms with E-state index in [-0.39, 0.29) is 5.69 Å². The van der Waals surface area contributed by atoms with Crippen LogP contribution in [0.2, 0.25) is 0 Å². The number of carbonyl (C=O) groups excluding carboxylic acids is 1. The molecule has 1 aromatic heterocycles. The number of anilines is 1. The number of primary amides is 1. The van der Waals surface area contributed by atoms with Gasteiger partial charge in [0, 0.05) is 12.6 Å². The first-order valence-corrected chi connectivity index (χ1v) is 5.86. The molecule has 1 heterocycles. The molecule has 0 saturated heterocycles. The highest BCUT2D eigenvalue weighted by Crippen LogP contribution is 2.18. The Hall–Kier alpha value is -1.69. The molecule has 1 aliphatic rings. The molecule has 1 aromatic rings. The number of nitrogens with zero attached hydrogens (tertiary/aromatic N) is 2. The van der Waals surface area contributed by atoms with Crippen LogP contribution >= 0.6 is 0 Å². The fourth-order valence-corrected chi connectivity index (χ4v) is 1.46. The van der Waals surface area contributed by atoms with Crippen molar-refractivity contribution in [3.8, 4) is 0 Å². The standard InChI is InChI=1S/C11H17N5O/c12-11(17)9-4-5-10(16-15-9)14-7-1-6-13-8-2-3-8/h4-5,8,13H,1-3,6-7H2,(H2,12,17)(H,14,16). The molecule has 0 aliphatic heterocycles. The summed E-state index contributed by atoms with van der Waals surface area (Å²) in [5.41, 5.74) is 5.25. The van der Waals surface area contributed by atoms with Gasteiger partial charge in [-0.15, -0.1) is 10.2 Å². The van der Waals surface area contributed by atoms with Crippen LogP contribution in [0.15, 0.2) is 12.1 Å². The van der Waals surface area contributed by atoms with E-state index in [1.54, 1.807) is 12.1 Å². The normalized spacial score (nSPS) is 14.6. The first-order chi connectivity index (χ1) is 8.25. The van der Waals surface area contributed by atoms with Crippen molar-refractivity contribution in [2.45, 2.75) is 25.3 Å². The Balaban J connectivity index is 1.65. The highest BCUT2D eigenvalue weighted by Gasteiger charge is 2.19. The molecule has 2 rings (SSSR count). The molecule has 0 spiro atoms. The van der Waals surface area contributed by atoms with E-state index in [9.17, 15) is 4.79 Å². The fraction of sp³-hybridized carbons (Fsp3) is 0.545. The Bertz CT molecular complexity index is 374. The summed E-state index contributed by atoms with van der Waals surface area (Å²) in [7, 11) is 0. The lowest BCUT2D eigenvalue weighted by Gasteiger charge is -2.05. The van der Waals surface area contributed by atoms with Crippen LogP contribution in [0.3, 0.4) is 0 Å². The zero-order valence-corrected chi connectivity index (χ0v) is 9.65. The maximum atomic E-state index is 10.8. The molecule has 0 unspecified atom stereocenters. The summed E-state index contributed by atoms with van der Waals surface area (Å²) in [6, 6.07) is 4.03. The Morgan fingerprint density at radius 1 is 1.35 bits per heavy atom. The van der Waals surface area contributed by atoms with Crippen LogP contribution in [0, 0.1) is 0 Å². The molecule has 0 atom stereocenters. The Labute approximate surface area is 100.0 Å². The summed E-state index contributed by atoms with van der Waals surface area (Å²) < 4.78 is 0. The number of rotatable bonds is 7. The summed E-state index contributed by atoms with van der Waals surface area (Å²) in [5, 5.41) is 14.1. The van der Waals surface area contributed by atoms with Crippen LogP contribution in [-0.4, -0.2) is 35.2 Å². The number of amides is 1. The lowest BCUT2D eigenvalue weighted by Crippen LogP contribution is -2.20. The third kappa shape index (κ3) is 3.99. The van der Waals surface area contributed by atoms with Crippen molar-refractivity contribution < 1.29 is 4.79 Å². The predicted molar refractivity (Wildman–Crippen MR) is 64.7 cm³/mol. The first kappa shape index (κ1) is 11.8. The Morgan fingerprint density at radius 3 is 2.76 bits per heavy atom. The number of hydrogen-bond acceptors (Lipinski definition) is 5. The van der Waals surface area contributed by atoms with Crippen LogP contribution in [0.1, 0.15) is 29.8 Å². The second-order valence-electron chi connectivity index (χ2n) is 4.18. The zero-order chi connectivity index (χ0) is 12.1. The van der Waals surface area contributed by atoms with Crippen molar-refractivity contribution in [3.05, 3.63) is 17.8 Å². The van der Waals surface area contributed by atoms with Gasteiger partial charge in [0.25, 0.3) is 5.91 Å². The summed E-state index contributed by atoms with van der Waals surface area (Å²) in [4.78, 5) is 10.8. The number of aromatic nitrogens is 2. The van der Waals surface area contributed by atoms with E-state index in [1.807, 2.05) is 0 Å². The molecule has 6 heteroatoms. The van der Waals surface area contributed by atoms with Gasteiger partial charge in [-0.2, -0.15) is 0 Å². The summed E-state index contributed by atoms with van der Waals surface area (Å²) in [5.74, 6) is 0.110.